The lowest BCUT2D eigenvalue weighted by atomic mass is 9.83. The Morgan fingerprint density at radius 1 is 1.09 bits per heavy atom. The lowest BCUT2D eigenvalue weighted by Gasteiger charge is -2.37. The Labute approximate surface area is 187 Å². The Balaban J connectivity index is 1.27. The SMILES string of the molecule is O=C(O)C1CN(Cc2ccc(-c3noc(CC4(c5ccccc5)CCCCO4)n3)cc2)C1. The number of aliphatic carboxylic acids is 1. The number of carbonyl (C=O) groups is 1. The zero-order valence-electron chi connectivity index (χ0n) is 17.9. The van der Waals surface area contributed by atoms with Crippen LogP contribution in [0.4, 0.5) is 0 Å². The van der Waals surface area contributed by atoms with Gasteiger partial charge in [-0.3, -0.25) is 9.69 Å². The van der Waals surface area contributed by atoms with Crippen LogP contribution in [0, 0.1) is 5.92 Å². The number of nitrogens with zero attached hydrogens (tertiary/aromatic N) is 3. The quantitative estimate of drug-likeness (QED) is 0.605. The predicted molar refractivity (Wildman–Crippen MR) is 118 cm³/mol. The second-order valence-electron chi connectivity index (χ2n) is 8.78. The van der Waals surface area contributed by atoms with Gasteiger partial charge in [-0.1, -0.05) is 59.8 Å². The maximum absolute atomic E-state index is 11.0. The molecule has 1 unspecified atom stereocenters. The molecular formula is C25H27N3O4. The third kappa shape index (κ3) is 4.31. The predicted octanol–water partition coefficient (Wildman–Crippen LogP) is 3.89. The summed E-state index contributed by atoms with van der Waals surface area (Å²) in [5.41, 5.74) is 2.77. The standard InChI is InChI=1S/C25H27N3O4/c29-24(30)20-16-28(17-20)15-18-8-10-19(11-9-18)23-26-22(32-27-23)14-25(12-4-5-13-31-25)21-6-2-1-3-7-21/h1-3,6-11,20H,4-5,12-17H2,(H,29,30). The maximum atomic E-state index is 11.0. The summed E-state index contributed by atoms with van der Waals surface area (Å²) >= 11 is 0. The fourth-order valence-electron chi connectivity index (χ4n) is 4.62. The molecule has 0 amide bonds. The minimum absolute atomic E-state index is 0.237. The molecule has 3 heterocycles. The smallest absolute Gasteiger partial charge is 0.309 e. The molecule has 2 aromatic carbocycles. The molecule has 5 rings (SSSR count). The van der Waals surface area contributed by atoms with Gasteiger partial charge in [-0.2, -0.15) is 4.98 Å². The van der Waals surface area contributed by atoms with Gasteiger partial charge >= 0.3 is 5.97 Å². The summed E-state index contributed by atoms with van der Waals surface area (Å²) in [6.07, 6.45) is 3.68. The Morgan fingerprint density at radius 2 is 1.88 bits per heavy atom. The summed E-state index contributed by atoms with van der Waals surface area (Å²) in [5.74, 6) is 0.201. The van der Waals surface area contributed by atoms with Crippen LogP contribution in [-0.4, -0.2) is 45.8 Å². The van der Waals surface area contributed by atoms with E-state index in [0.717, 1.165) is 49.1 Å². The molecule has 166 valence electrons. The van der Waals surface area contributed by atoms with Crippen molar-refractivity contribution in [2.24, 2.45) is 5.92 Å². The molecule has 2 saturated heterocycles. The van der Waals surface area contributed by atoms with Crippen molar-refractivity contribution in [3.05, 3.63) is 71.6 Å². The number of carboxylic acid groups (broad SMARTS) is 1. The van der Waals surface area contributed by atoms with Crippen molar-refractivity contribution in [1.82, 2.24) is 15.0 Å². The van der Waals surface area contributed by atoms with E-state index in [2.05, 4.69) is 27.2 Å². The first kappa shape index (κ1) is 20.8. The molecule has 7 nitrogen and oxygen atoms in total. The van der Waals surface area contributed by atoms with Gasteiger partial charge < -0.3 is 14.4 Å². The highest BCUT2D eigenvalue weighted by Gasteiger charge is 2.37. The molecule has 32 heavy (non-hydrogen) atoms. The summed E-state index contributed by atoms with van der Waals surface area (Å²) in [4.78, 5) is 17.7. The zero-order valence-corrected chi connectivity index (χ0v) is 17.9. The number of benzene rings is 2. The van der Waals surface area contributed by atoms with E-state index in [-0.39, 0.29) is 5.92 Å². The first-order valence-electron chi connectivity index (χ1n) is 11.2. The van der Waals surface area contributed by atoms with Crippen molar-refractivity contribution in [2.45, 2.75) is 37.8 Å². The van der Waals surface area contributed by atoms with Gasteiger partial charge in [0, 0.05) is 31.8 Å². The molecule has 3 aromatic rings. The third-order valence-corrected chi connectivity index (χ3v) is 6.48. The van der Waals surface area contributed by atoms with Gasteiger partial charge in [0.1, 0.15) is 5.60 Å². The van der Waals surface area contributed by atoms with E-state index in [1.165, 1.54) is 0 Å². The third-order valence-electron chi connectivity index (χ3n) is 6.48. The number of carboxylic acids is 1. The van der Waals surface area contributed by atoms with Crippen LogP contribution in [0.3, 0.4) is 0 Å². The van der Waals surface area contributed by atoms with Gasteiger partial charge in [0.05, 0.1) is 12.3 Å². The summed E-state index contributed by atoms with van der Waals surface area (Å²) in [7, 11) is 0. The highest BCUT2D eigenvalue weighted by Crippen LogP contribution is 2.38. The first-order valence-corrected chi connectivity index (χ1v) is 11.2. The largest absolute Gasteiger partial charge is 0.481 e. The molecule has 1 N–H and O–H groups in total. The van der Waals surface area contributed by atoms with Gasteiger partial charge in [0.15, 0.2) is 0 Å². The van der Waals surface area contributed by atoms with Crippen molar-refractivity contribution in [3.8, 4) is 11.4 Å². The number of rotatable bonds is 7. The molecule has 7 heteroatoms. The molecule has 0 saturated carbocycles. The van der Waals surface area contributed by atoms with Gasteiger partial charge in [0.25, 0.3) is 0 Å². The highest BCUT2D eigenvalue weighted by atomic mass is 16.5. The second kappa shape index (κ2) is 8.84. The number of likely N-dealkylation sites (tertiary alicyclic amines) is 1. The monoisotopic (exact) mass is 433 g/mol. The summed E-state index contributed by atoms with van der Waals surface area (Å²) in [6, 6.07) is 18.4. The van der Waals surface area contributed by atoms with Gasteiger partial charge in [0.2, 0.25) is 11.7 Å². The lowest BCUT2D eigenvalue weighted by molar-refractivity contribution is -0.147. The van der Waals surface area contributed by atoms with E-state index in [0.29, 0.717) is 31.2 Å². The minimum atomic E-state index is -0.711. The van der Waals surface area contributed by atoms with Crippen LogP contribution in [0.2, 0.25) is 0 Å². The average Bonchev–Trinajstić information content (AvgIpc) is 3.25. The van der Waals surface area contributed by atoms with Crippen LogP contribution in [0.15, 0.2) is 59.1 Å². The summed E-state index contributed by atoms with van der Waals surface area (Å²) < 4.78 is 11.9. The van der Waals surface area contributed by atoms with Crippen molar-refractivity contribution < 1.29 is 19.2 Å². The van der Waals surface area contributed by atoms with Crippen molar-refractivity contribution in [1.29, 1.82) is 0 Å². The van der Waals surface area contributed by atoms with E-state index in [4.69, 9.17) is 14.4 Å². The van der Waals surface area contributed by atoms with Crippen LogP contribution in [-0.2, 0) is 28.1 Å². The van der Waals surface area contributed by atoms with Crippen LogP contribution in [0.1, 0.15) is 36.3 Å². The fourth-order valence-corrected chi connectivity index (χ4v) is 4.62. The molecule has 1 aromatic heterocycles. The van der Waals surface area contributed by atoms with Crippen LogP contribution in [0.5, 0.6) is 0 Å². The van der Waals surface area contributed by atoms with E-state index in [9.17, 15) is 4.79 Å². The van der Waals surface area contributed by atoms with Gasteiger partial charge in [-0.15, -0.1) is 0 Å². The number of ether oxygens (including phenoxy) is 1. The molecule has 1 atom stereocenters. The Bertz CT molecular complexity index is 1050. The molecule has 0 radical (unpaired) electrons. The van der Waals surface area contributed by atoms with Gasteiger partial charge in [-0.05, 0) is 30.4 Å². The molecule has 0 bridgehead atoms. The number of hydrogen-bond donors (Lipinski definition) is 1. The molecular weight excluding hydrogens is 406 g/mol. The normalized spacial score (nSPS) is 21.9. The first-order chi connectivity index (χ1) is 15.6. The lowest BCUT2D eigenvalue weighted by Crippen LogP contribution is -2.49. The molecule has 2 fully saturated rings. The zero-order chi connectivity index (χ0) is 22.0. The van der Waals surface area contributed by atoms with E-state index >= 15 is 0 Å². The second-order valence-corrected chi connectivity index (χ2v) is 8.78. The van der Waals surface area contributed by atoms with E-state index in [1.54, 1.807) is 0 Å². The topological polar surface area (TPSA) is 88.7 Å². The van der Waals surface area contributed by atoms with E-state index < -0.39 is 11.6 Å². The fraction of sp³-hybridized carbons (Fsp3) is 0.400. The van der Waals surface area contributed by atoms with Crippen LogP contribution >= 0.6 is 0 Å². The molecule has 0 spiro atoms. The van der Waals surface area contributed by atoms with E-state index in [1.807, 2.05) is 42.5 Å². The minimum Gasteiger partial charge on any atom is -0.481 e. The Kier molecular flexibility index (Phi) is 5.76. The molecule has 0 aliphatic carbocycles. The summed E-state index contributed by atoms with van der Waals surface area (Å²) in [6.45, 7) is 2.70. The van der Waals surface area contributed by atoms with Gasteiger partial charge in [-0.25, -0.2) is 0 Å². The van der Waals surface area contributed by atoms with Crippen LogP contribution in [0.25, 0.3) is 11.4 Å². The Morgan fingerprint density at radius 3 is 2.56 bits per heavy atom. The van der Waals surface area contributed by atoms with Crippen LogP contribution < -0.4 is 0 Å². The number of aromatic nitrogens is 2. The maximum Gasteiger partial charge on any atom is 0.309 e. The Hall–Kier alpha value is -3.03. The average molecular weight is 434 g/mol. The van der Waals surface area contributed by atoms with Crippen molar-refractivity contribution >= 4 is 5.97 Å². The molecule has 2 aliphatic heterocycles. The van der Waals surface area contributed by atoms with Crippen molar-refractivity contribution in [2.75, 3.05) is 19.7 Å². The summed E-state index contributed by atoms with van der Waals surface area (Å²) in [5, 5.41) is 13.2. The van der Waals surface area contributed by atoms with Crippen molar-refractivity contribution in [3.63, 3.8) is 0 Å². The highest BCUT2D eigenvalue weighted by molar-refractivity contribution is 5.71. The number of hydrogen-bond acceptors (Lipinski definition) is 6. The molecule has 2 aliphatic rings.